The Balaban J connectivity index is 1.56. The van der Waals surface area contributed by atoms with Crippen LogP contribution in [0.5, 0.6) is 0 Å². The third-order valence-corrected chi connectivity index (χ3v) is 5.69. The third-order valence-electron chi connectivity index (χ3n) is 4.96. The zero-order chi connectivity index (χ0) is 19.2. The highest BCUT2D eigenvalue weighted by atomic mass is 79.9. The van der Waals surface area contributed by atoms with Gasteiger partial charge in [-0.25, -0.2) is 4.79 Å². The molecule has 1 aliphatic rings. The fourth-order valence-electron chi connectivity index (χ4n) is 3.29. The molecule has 2 aromatic rings. The lowest BCUT2D eigenvalue weighted by atomic mass is 10.1. The summed E-state index contributed by atoms with van der Waals surface area (Å²) in [6.45, 7) is 7.67. The number of hydrogen-bond acceptors (Lipinski definition) is 3. The summed E-state index contributed by atoms with van der Waals surface area (Å²) in [6, 6.07) is 16.0. The summed E-state index contributed by atoms with van der Waals surface area (Å²) in [5, 5.41) is 5.88. The van der Waals surface area contributed by atoms with Gasteiger partial charge in [-0.05, 0) is 43.2 Å². The van der Waals surface area contributed by atoms with Gasteiger partial charge < -0.3 is 15.4 Å². The molecule has 3 rings (SSSR count). The van der Waals surface area contributed by atoms with Crippen LogP contribution >= 0.6 is 15.9 Å². The minimum absolute atomic E-state index is 0.0961. The van der Waals surface area contributed by atoms with Crippen LogP contribution in [0.25, 0.3) is 0 Å². The quantitative estimate of drug-likeness (QED) is 0.719. The molecule has 0 saturated carbocycles. The van der Waals surface area contributed by atoms with Crippen molar-refractivity contribution in [1.29, 1.82) is 0 Å². The predicted octanol–water partition coefficient (Wildman–Crippen LogP) is 4.73. The topological polar surface area (TPSA) is 53.6 Å². The predicted molar refractivity (Wildman–Crippen MR) is 112 cm³/mol. The van der Waals surface area contributed by atoms with E-state index in [2.05, 4.69) is 50.5 Å². The Morgan fingerprint density at radius 3 is 2.41 bits per heavy atom. The van der Waals surface area contributed by atoms with E-state index in [1.807, 2.05) is 43.3 Å². The van der Waals surface area contributed by atoms with Crippen molar-refractivity contribution in [3.05, 3.63) is 64.1 Å². The number of ether oxygens (including phenoxy) is 1. The fourth-order valence-corrected chi connectivity index (χ4v) is 3.92. The molecule has 5 nitrogen and oxygen atoms in total. The second kappa shape index (κ2) is 9.35. The van der Waals surface area contributed by atoms with Gasteiger partial charge in [0.05, 0.1) is 19.3 Å². The number of nitrogens with zero attached hydrogens (tertiary/aromatic N) is 1. The Morgan fingerprint density at radius 2 is 1.74 bits per heavy atom. The molecule has 1 fully saturated rings. The van der Waals surface area contributed by atoms with E-state index in [9.17, 15) is 4.79 Å². The van der Waals surface area contributed by atoms with Crippen molar-refractivity contribution >= 4 is 27.6 Å². The van der Waals surface area contributed by atoms with Gasteiger partial charge in [-0.1, -0.05) is 46.3 Å². The molecule has 0 spiro atoms. The van der Waals surface area contributed by atoms with Gasteiger partial charge in [0, 0.05) is 29.3 Å². The average molecular weight is 432 g/mol. The maximum absolute atomic E-state index is 12.3. The van der Waals surface area contributed by atoms with E-state index in [-0.39, 0.29) is 12.1 Å². The number of hydrogen-bond donors (Lipinski definition) is 2. The molecule has 0 bridgehead atoms. The van der Waals surface area contributed by atoms with Crippen LogP contribution < -0.4 is 10.6 Å². The Labute approximate surface area is 169 Å². The molecule has 1 saturated heterocycles. The van der Waals surface area contributed by atoms with Gasteiger partial charge >= 0.3 is 6.03 Å². The van der Waals surface area contributed by atoms with Crippen LogP contribution in [-0.2, 0) is 4.74 Å². The van der Waals surface area contributed by atoms with Crippen molar-refractivity contribution in [3.8, 4) is 0 Å². The molecular formula is C21H26BrN3O2. The third kappa shape index (κ3) is 5.31. The molecule has 2 unspecified atom stereocenters. The highest BCUT2D eigenvalue weighted by Crippen LogP contribution is 2.24. The van der Waals surface area contributed by atoms with Gasteiger partial charge in [0.1, 0.15) is 0 Å². The number of urea groups is 1. The summed E-state index contributed by atoms with van der Waals surface area (Å²) in [4.78, 5) is 14.7. The number of carbonyl (C=O) groups excluding carboxylic acids is 1. The van der Waals surface area contributed by atoms with E-state index in [1.165, 1.54) is 5.56 Å². The van der Waals surface area contributed by atoms with E-state index in [0.717, 1.165) is 42.0 Å². The standard InChI is InChI=1S/C21H26BrN3O2/c1-15(19-5-3-4-6-20(19)22)23-21(26)24-18-9-7-17(8-10-18)16(2)25-11-13-27-14-12-25/h3-10,15-16H,11-14H2,1-2H3,(H2,23,24,26). The van der Waals surface area contributed by atoms with Crippen molar-refractivity contribution in [3.63, 3.8) is 0 Å². The fraction of sp³-hybridized carbons (Fsp3) is 0.381. The molecule has 0 aromatic heterocycles. The zero-order valence-corrected chi connectivity index (χ0v) is 17.3. The molecule has 1 heterocycles. The summed E-state index contributed by atoms with van der Waals surface area (Å²) in [6.07, 6.45) is 0. The van der Waals surface area contributed by atoms with Gasteiger partial charge in [0.15, 0.2) is 0 Å². The van der Waals surface area contributed by atoms with Crippen LogP contribution in [0.1, 0.15) is 37.1 Å². The number of carbonyl (C=O) groups is 1. The first kappa shape index (κ1) is 19.9. The number of benzene rings is 2. The first-order chi connectivity index (χ1) is 13.0. The average Bonchev–Trinajstić information content (AvgIpc) is 2.69. The molecular weight excluding hydrogens is 406 g/mol. The van der Waals surface area contributed by atoms with Gasteiger partial charge in [0.2, 0.25) is 0 Å². The maximum Gasteiger partial charge on any atom is 0.319 e. The molecule has 2 atom stereocenters. The molecule has 6 heteroatoms. The highest BCUT2D eigenvalue weighted by molar-refractivity contribution is 9.10. The summed E-state index contributed by atoms with van der Waals surface area (Å²) in [5.74, 6) is 0. The minimum Gasteiger partial charge on any atom is -0.379 e. The normalized spacial score (nSPS) is 17.1. The van der Waals surface area contributed by atoms with Gasteiger partial charge in [-0.15, -0.1) is 0 Å². The van der Waals surface area contributed by atoms with Crippen LogP contribution in [-0.4, -0.2) is 37.2 Å². The number of morpholine rings is 1. The van der Waals surface area contributed by atoms with Crippen LogP contribution in [0.4, 0.5) is 10.5 Å². The lowest BCUT2D eigenvalue weighted by Crippen LogP contribution is -2.38. The summed E-state index contributed by atoms with van der Waals surface area (Å²) < 4.78 is 6.41. The van der Waals surface area contributed by atoms with Crippen molar-refractivity contribution in [2.45, 2.75) is 25.9 Å². The Hall–Kier alpha value is -1.89. The molecule has 2 aromatic carbocycles. The SMILES string of the molecule is CC(NC(=O)Nc1ccc(C(C)N2CCOCC2)cc1)c1ccccc1Br. The molecule has 0 radical (unpaired) electrons. The molecule has 144 valence electrons. The van der Waals surface area contributed by atoms with Crippen molar-refractivity contribution < 1.29 is 9.53 Å². The maximum atomic E-state index is 12.3. The molecule has 2 N–H and O–H groups in total. The number of nitrogens with one attached hydrogen (secondary N) is 2. The van der Waals surface area contributed by atoms with E-state index >= 15 is 0 Å². The summed E-state index contributed by atoms with van der Waals surface area (Å²) in [5.41, 5.74) is 3.07. The van der Waals surface area contributed by atoms with Crippen molar-refractivity contribution in [2.24, 2.45) is 0 Å². The van der Waals surface area contributed by atoms with Crippen molar-refractivity contribution in [1.82, 2.24) is 10.2 Å². The van der Waals surface area contributed by atoms with Crippen LogP contribution in [0, 0.1) is 0 Å². The first-order valence-electron chi connectivity index (χ1n) is 9.28. The van der Waals surface area contributed by atoms with Gasteiger partial charge in [-0.3, -0.25) is 4.90 Å². The van der Waals surface area contributed by atoms with Gasteiger partial charge in [0.25, 0.3) is 0 Å². The van der Waals surface area contributed by atoms with Gasteiger partial charge in [-0.2, -0.15) is 0 Å². The van der Waals surface area contributed by atoms with E-state index in [0.29, 0.717) is 6.04 Å². The molecule has 0 aliphatic carbocycles. The minimum atomic E-state index is -0.216. The number of amides is 2. The second-order valence-electron chi connectivity index (χ2n) is 6.79. The lowest BCUT2D eigenvalue weighted by molar-refractivity contribution is 0.0198. The van der Waals surface area contributed by atoms with E-state index in [1.54, 1.807) is 0 Å². The number of rotatable bonds is 5. The second-order valence-corrected chi connectivity index (χ2v) is 7.64. The molecule has 2 amide bonds. The first-order valence-corrected chi connectivity index (χ1v) is 10.1. The summed E-state index contributed by atoms with van der Waals surface area (Å²) >= 11 is 3.52. The van der Waals surface area contributed by atoms with Crippen LogP contribution in [0.2, 0.25) is 0 Å². The number of halogens is 1. The van der Waals surface area contributed by atoms with Crippen LogP contribution in [0.15, 0.2) is 53.0 Å². The smallest absolute Gasteiger partial charge is 0.319 e. The lowest BCUT2D eigenvalue weighted by Gasteiger charge is -2.32. The Morgan fingerprint density at radius 1 is 1.07 bits per heavy atom. The molecule has 1 aliphatic heterocycles. The summed E-state index contributed by atoms with van der Waals surface area (Å²) in [7, 11) is 0. The zero-order valence-electron chi connectivity index (χ0n) is 15.7. The monoisotopic (exact) mass is 431 g/mol. The van der Waals surface area contributed by atoms with E-state index < -0.39 is 0 Å². The molecule has 27 heavy (non-hydrogen) atoms. The number of anilines is 1. The largest absolute Gasteiger partial charge is 0.379 e. The highest BCUT2D eigenvalue weighted by Gasteiger charge is 2.18. The Kier molecular flexibility index (Phi) is 6.88. The Bertz CT molecular complexity index is 760. The van der Waals surface area contributed by atoms with E-state index in [4.69, 9.17) is 4.74 Å². The van der Waals surface area contributed by atoms with Crippen molar-refractivity contribution in [2.75, 3.05) is 31.6 Å². The van der Waals surface area contributed by atoms with Crippen LogP contribution in [0.3, 0.4) is 0 Å².